The molecule has 0 saturated heterocycles. The number of aliphatic hydroxyl groups excluding tert-OH is 1. The smallest absolute Gasteiger partial charge is 0.147 e. The summed E-state index contributed by atoms with van der Waals surface area (Å²) in [6, 6.07) is 0. The maximum Gasteiger partial charge on any atom is 0.147 e. The minimum Gasteiger partial charge on any atom is -0.392 e. The van der Waals surface area contributed by atoms with Crippen molar-refractivity contribution >= 4 is 9.84 Å². The van der Waals surface area contributed by atoms with E-state index in [-0.39, 0.29) is 11.9 Å². The van der Waals surface area contributed by atoms with Crippen LogP contribution in [-0.4, -0.2) is 56.7 Å². The molecule has 0 fully saturated rings. The Morgan fingerprint density at radius 3 is 2.43 bits per heavy atom. The highest BCUT2D eigenvalue weighted by atomic mass is 32.2. The quantitative estimate of drug-likeness (QED) is 0.666. The van der Waals surface area contributed by atoms with E-state index in [1.54, 1.807) is 0 Å². The summed E-state index contributed by atoms with van der Waals surface area (Å²) < 4.78 is 21.6. The molecule has 0 rings (SSSR count). The first-order valence-electron chi connectivity index (χ1n) is 4.89. The molecule has 0 aliphatic rings. The van der Waals surface area contributed by atoms with Crippen LogP contribution in [0.25, 0.3) is 0 Å². The third-order valence-electron chi connectivity index (χ3n) is 2.05. The van der Waals surface area contributed by atoms with Gasteiger partial charge in [0, 0.05) is 12.8 Å². The van der Waals surface area contributed by atoms with Crippen LogP contribution >= 0.6 is 0 Å². The molecule has 1 N–H and O–H groups in total. The van der Waals surface area contributed by atoms with E-state index < -0.39 is 9.84 Å². The highest BCUT2D eigenvalue weighted by Crippen LogP contribution is 1.96. The first-order valence-corrected chi connectivity index (χ1v) is 6.95. The van der Waals surface area contributed by atoms with Gasteiger partial charge in [-0.25, -0.2) is 8.42 Å². The van der Waals surface area contributed by atoms with Gasteiger partial charge in [0.15, 0.2) is 0 Å². The third-order valence-corrected chi connectivity index (χ3v) is 3.08. The molecule has 0 aliphatic carbocycles. The van der Waals surface area contributed by atoms with Crippen molar-refractivity contribution in [1.29, 1.82) is 0 Å². The third kappa shape index (κ3) is 8.47. The van der Waals surface area contributed by atoms with E-state index in [2.05, 4.69) is 0 Å². The van der Waals surface area contributed by atoms with Gasteiger partial charge >= 0.3 is 0 Å². The average molecular weight is 223 g/mol. The summed E-state index contributed by atoms with van der Waals surface area (Å²) in [5, 5.41) is 9.33. The molecule has 0 amide bonds. The summed E-state index contributed by atoms with van der Waals surface area (Å²) >= 11 is 0. The average Bonchev–Trinajstić information content (AvgIpc) is 2.01. The molecule has 0 bridgehead atoms. The van der Waals surface area contributed by atoms with Gasteiger partial charge < -0.3 is 10.0 Å². The summed E-state index contributed by atoms with van der Waals surface area (Å²) in [5.41, 5.74) is 0. The van der Waals surface area contributed by atoms with Crippen molar-refractivity contribution in [3.05, 3.63) is 0 Å². The Morgan fingerprint density at radius 1 is 1.43 bits per heavy atom. The normalized spacial score (nSPS) is 14.6. The van der Waals surface area contributed by atoms with E-state index >= 15 is 0 Å². The number of nitrogens with zero attached hydrogens (tertiary/aromatic N) is 1. The van der Waals surface area contributed by atoms with Gasteiger partial charge in [0.05, 0.1) is 11.9 Å². The Bertz CT molecular complexity index is 238. The maximum absolute atomic E-state index is 10.8. The van der Waals surface area contributed by atoms with Crippen LogP contribution in [0.2, 0.25) is 0 Å². The van der Waals surface area contributed by atoms with Crippen molar-refractivity contribution < 1.29 is 13.5 Å². The molecule has 0 saturated carbocycles. The molecule has 0 radical (unpaired) electrons. The second kappa shape index (κ2) is 6.37. The van der Waals surface area contributed by atoms with E-state index in [4.69, 9.17) is 0 Å². The Morgan fingerprint density at radius 2 is 2.00 bits per heavy atom. The topological polar surface area (TPSA) is 57.6 Å². The lowest BCUT2D eigenvalue weighted by Gasteiger charge is -2.19. The first-order chi connectivity index (χ1) is 6.35. The highest BCUT2D eigenvalue weighted by molar-refractivity contribution is 7.90. The molecule has 0 aromatic rings. The Kier molecular flexibility index (Phi) is 6.31. The SMILES string of the molecule is CCC(O)CN(C)CCCS(C)(=O)=O. The predicted molar refractivity (Wildman–Crippen MR) is 58.1 cm³/mol. The van der Waals surface area contributed by atoms with Gasteiger partial charge in [-0.3, -0.25) is 0 Å². The van der Waals surface area contributed by atoms with Crippen molar-refractivity contribution in [3.8, 4) is 0 Å². The molecule has 0 aliphatic heterocycles. The number of likely N-dealkylation sites (N-methyl/N-ethyl adjacent to an activating group) is 1. The maximum atomic E-state index is 10.8. The number of rotatable bonds is 7. The van der Waals surface area contributed by atoms with E-state index in [1.807, 2.05) is 18.9 Å². The minimum atomic E-state index is -2.84. The molecule has 5 heteroatoms. The Hall–Kier alpha value is -0.130. The minimum absolute atomic E-state index is 0.222. The highest BCUT2D eigenvalue weighted by Gasteiger charge is 2.07. The Labute approximate surface area is 86.8 Å². The first kappa shape index (κ1) is 13.9. The van der Waals surface area contributed by atoms with Crippen LogP contribution in [0.5, 0.6) is 0 Å². The van der Waals surface area contributed by atoms with Crippen molar-refractivity contribution in [3.63, 3.8) is 0 Å². The monoisotopic (exact) mass is 223 g/mol. The van der Waals surface area contributed by atoms with Crippen LogP contribution in [0, 0.1) is 0 Å². The standard InChI is InChI=1S/C9H21NO3S/c1-4-9(11)8-10(2)6-5-7-14(3,12)13/h9,11H,4-8H2,1-3H3. The molecule has 0 heterocycles. The molecule has 14 heavy (non-hydrogen) atoms. The van der Waals surface area contributed by atoms with Crippen molar-refractivity contribution in [2.45, 2.75) is 25.9 Å². The van der Waals surface area contributed by atoms with Gasteiger partial charge in [0.2, 0.25) is 0 Å². The molecule has 1 atom stereocenters. The van der Waals surface area contributed by atoms with E-state index in [9.17, 15) is 13.5 Å². The van der Waals surface area contributed by atoms with Crippen molar-refractivity contribution in [1.82, 2.24) is 4.90 Å². The lowest BCUT2D eigenvalue weighted by Crippen LogP contribution is -2.30. The number of sulfone groups is 1. The molecule has 86 valence electrons. The summed E-state index contributed by atoms with van der Waals surface area (Å²) in [4.78, 5) is 1.96. The predicted octanol–water partition coefficient (Wildman–Crippen LogP) is 0.124. The number of aliphatic hydroxyl groups is 1. The fourth-order valence-corrected chi connectivity index (χ4v) is 1.83. The van der Waals surface area contributed by atoms with Crippen LogP contribution < -0.4 is 0 Å². The largest absolute Gasteiger partial charge is 0.392 e. The molecular formula is C9H21NO3S. The van der Waals surface area contributed by atoms with Crippen molar-refractivity contribution in [2.24, 2.45) is 0 Å². The van der Waals surface area contributed by atoms with Crippen LogP contribution in [-0.2, 0) is 9.84 Å². The fraction of sp³-hybridized carbons (Fsp3) is 1.00. The van der Waals surface area contributed by atoms with Crippen molar-refractivity contribution in [2.75, 3.05) is 32.1 Å². The zero-order chi connectivity index (χ0) is 11.2. The molecule has 0 aromatic carbocycles. The summed E-state index contributed by atoms with van der Waals surface area (Å²) in [7, 11) is -0.953. The summed E-state index contributed by atoms with van der Waals surface area (Å²) in [6.45, 7) is 3.25. The molecular weight excluding hydrogens is 202 g/mol. The van der Waals surface area contributed by atoms with Gasteiger partial charge in [0.1, 0.15) is 9.84 Å². The second-order valence-corrected chi connectivity index (χ2v) is 6.07. The lowest BCUT2D eigenvalue weighted by atomic mass is 10.2. The molecule has 0 aromatic heterocycles. The van der Waals surface area contributed by atoms with E-state index in [0.717, 1.165) is 6.42 Å². The van der Waals surface area contributed by atoms with Crippen LogP contribution in [0.15, 0.2) is 0 Å². The molecule has 0 spiro atoms. The molecule has 4 nitrogen and oxygen atoms in total. The van der Waals surface area contributed by atoms with Gasteiger partial charge in [0.25, 0.3) is 0 Å². The fourth-order valence-electron chi connectivity index (χ4n) is 1.18. The van der Waals surface area contributed by atoms with Crippen LogP contribution in [0.4, 0.5) is 0 Å². The van der Waals surface area contributed by atoms with Gasteiger partial charge in [-0.2, -0.15) is 0 Å². The lowest BCUT2D eigenvalue weighted by molar-refractivity contribution is 0.122. The van der Waals surface area contributed by atoms with Gasteiger partial charge in [-0.05, 0) is 26.4 Å². The van der Waals surface area contributed by atoms with E-state index in [0.29, 0.717) is 19.5 Å². The van der Waals surface area contributed by atoms with Gasteiger partial charge in [-0.1, -0.05) is 6.92 Å². The zero-order valence-corrected chi connectivity index (χ0v) is 10.0. The second-order valence-electron chi connectivity index (χ2n) is 3.81. The number of hydrogen-bond donors (Lipinski definition) is 1. The number of hydrogen-bond acceptors (Lipinski definition) is 4. The summed E-state index contributed by atoms with van der Waals surface area (Å²) in [6.07, 6.45) is 2.30. The zero-order valence-electron chi connectivity index (χ0n) is 9.23. The van der Waals surface area contributed by atoms with Crippen LogP contribution in [0.3, 0.4) is 0 Å². The van der Waals surface area contributed by atoms with Gasteiger partial charge in [-0.15, -0.1) is 0 Å². The van der Waals surface area contributed by atoms with E-state index in [1.165, 1.54) is 6.26 Å². The van der Waals surface area contributed by atoms with Crippen LogP contribution in [0.1, 0.15) is 19.8 Å². The summed E-state index contributed by atoms with van der Waals surface area (Å²) in [5.74, 6) is 0.222. The molecule has 1 unspecified atom stereocenters. The Balaban J connectivity index is 3.59.